The molecule has 0 amide bonds. The summed E-state index contributed by atoms with van der Waals surface area (Å²) in [7, 11) is 0. The maximum absolute atomic E-state index is 5.84. The molecule has 0 radical (unpaired) electrons. The van der Waals surface area contributed by atoms with Gasteiger partial charge in [-0.2, -0.15) is 0 Å². The van der Waals surface area contributed by atoms with E-state index in [1.165, 1.54) is 23.3 Å². The number of likely N-dealkylation sites (tertiary alicyclic amines) is 1. The van der Waals surface area contributed by atoms with E-state index >= 15 is 0 Å². The van der Waals surface area contributed by atoms with Crippen LogP contribution in [0, 0.1) is 12.8 Å². The number of nitrogens with zero attached hydrogens (tertiary/aromatic N) is 1. The van der Waals surface area contributed by atoms with Gasteiger partial charge < -0.3 is 5.73 Å². The lowest BCUT2D eigenvalue weighted by Gasteiger charge is -2.41. The highest BCUT2D eigenvalue weighted by Crippen LogP contribution is 2.34. The van der Waals surface area contributed by atoms with Crippen LogP contribution in [0.4, 0.5) is 0 Å². The molecule has 2 N–H and O–H groups in total. The second kappa shape index (κ2) is 5.51. The fourth-order valence-corrected chi connectivity index (χ4v) is 3.91. The second-order valence-electron chi connectivity index (χ2n) is 5.37. The van der Waals surface area contributed by atoms with E-state index in [4.69, 9.17) is 5.73 Å². The van der Waals surface area contributed by atoms with Gasteiger partial charge in [-0.15, -0.1) is 11.3 Å². The van der Waals surface area contributed by atoms with Crippen molar-refractivity contribution >= 4 is 11.3 Å². The Hall–Kier alpha value is -0.380. The Bertz CT molecular complexity index is 361. The Morgan fingerprint density at radius 1 is 1.53 bits per heavy atom. The molecule has 2 rings (SSSR count). The highest BCUT2D eigenvalue weighted by Gasteiger charge is 2.29. The molecule has 0 aromatic carbocycles. The maximum Gasteiger partial charge on any atom is 0.0418 e. The van der Waals surface area contributed by atoms with Crippen LogP contribution < -0.4 is 5.73 Å². The standard InChI is InChI=1S/C14H24N2S/c1-10-6-7-17-14(10)12(3)16-9-13(8-15)5-4-11(16)2/h6-7,11-13H,4-5,8-9,15H2,1-3H3. The van der Waals surface area contributed by atoms with Gasteiger partial charge in [0.05, 0.1) is 0 Å². The van der Waals surface area contributed by atoms with Gasteiger partial charge in [0, 0.05) is 23.5 Å². The largest absolute Gasteiger partial charge is 0.330 e. The van der Waals surface area contributed by atoms with Crippen LogP contribution in [0.2, 0.25) is 0 Å². The summed E-state index contributed by atoms with van der Waals surface area (Å²) >= 11 is 1.89. The quantitative estimate of drug-likeness (QED) is 0.895. The van der Waals surface area contributed by atoms with E-state index in [9.17, 15) is 0 Å². The van der Waals surface area contributed by atoms with Gasteiger partial charge in [-0.05, 0) is 63.1 Å². The molecule has 1 aromatic heterocycles. The molecule has 0 bridgehead atoms. The van der Waals surface area contributed by atoms with Gasteiger partial charge in [0.2, 0.25) is 0 Å². The second-order valence-corrected chi connectivity index (χ2v) is 6.32. The van der Waals surface area contributed by atoms with Crippen LogP contribution in [0.25, 0.3) is 0 Å². The number of aryl methyl sites for hydroxylation is 1. The van der Waals surface area contributed by atoms with E-state index in [-0.39, 0.29) is 0 Å². The third-order valence-electron chi connectivity index (χ3n) is 4.14. The van der Waals surface area contributed by atoms with Crippen molar-refractivity contribution in [1.82, 2.24) is 4.90 Å². The van der Waals surface area contributed by atoms with Crippen LogP contribution in [0.3, 0.4) is 0 Å². The zero-order valence-electron chi connectivity index (χ0n) is 11.1. The number of nitrogens with two attached hydrogens (primary N) is 1. The Balaban J connectivity index is 2.12. The molecule has 1 aliphatic heterocycles. The minimum absolute atomic E-state index is 0.541. The molecular formula is C14H24N2S. The minimum Gasteiger partial charge on any atom is -0.330 e. The van der Waals surface area contributed by atoms with E-state index in [0.29, 0.717) is 18.0 Å². The summed E-state index contributed by atoms with van der Waals surface area (Å²) in [6.45, 7) is 8.91. The molecule has 1 saturated heterocycles. The number of hydrogen-bond acceptors (Lipinski definition) is 3. The molecule has 0 aliphatic carbocycles. The van der Waals surface area contributed by atoms with Crippen molar-refractivity contribution in [2.45, 2.75) is 45.7 Å². The van der Waals surface area contributed by atoms with Crippen LogP contribution in [0.15, 0.2) is 11.4 Å². The number of hydrogen-bond donors (Lipinski definition) is 1. The SMILES string of the molecule is Cc1ccsc1C(C)N1CC(CN)CCC1C. The summed E-state index contributed by atoms with van der Waals surface area (Å²) in [5.41, 5.74) is 7.27. The molecule has 2 nitrogen and oxygen atoms in total. The first kappa shape index (κ1) is 13.1. The summed E-state index contributed by atoms with van der Waals surface area (Å²) in [5.74, 6) is 0.689. The summed E-state index contributed by atoms with van der Waals surface area (Å²) < 4.78 is 0. The molecule has 3 heteroatoms. The molecule has 2 heterocycles. The van der Waals surface area contributed by atoms with Crippen molar-refractivity contribution in [2.24, 2.45) is 11.7 Å². The molecule has 0 spiro atoms. The molecule has 96 valence electrons. The van der Waals surface area contributed by atoms with Crippen LogP contribution in [-0.4, -0.2) is 24.0 Å². The highest BCUT2D eigenvalue weighted by molar-refractivity contribution is 7.10. The first-order valence-electron chi connectivity index (χ1n) is 6.63. The lowest BCUT2D eigenvalue weighted by Crippen LogP contribution is -2.44. The van der Waals surface area contributed by atoms with Gasteiger partial charge in [-0.3, -0.25) is 4.90 Å². The summed E-state index contributed by atoms with van der Waals surface area (Å²) in [6, 6.07) is 3.46. The zero-order chi connectivity index (χ0) is 12.4. The van der Waals surface area contributed by atoms with Crippen LogP contribution in [0.5, 0.6) is 0 Å². The smallest absolute Gasteiger partial charge is 0.0418 e. The number of thiophene rings is 1. The van der Waals surface area contributed by atoms with E-state index < -0.39 is 0 Å². The Morgan fingerprint density at radius 3 is 2.88 bits per heavy atom. The molecule has 3 atom stereocenters. The zero-order valence-corrected chi connectivity index (χ0v) is 12.0. The summed E-state index contributed by atoms with van der Waals surface area (Å²) in [4.78, 5) is 4.16. The lowest BCUT2D eigenvalue weighted by atomic mass is 9.92. The van der Waals surface area contributed by atoms with E-state index in [2.05, 4.69) is 37.1 Å². The average Bonchev–Trinajstić information content (AvgIpc) is 2.75. The first-order valence-corrected chi connectivity index (χ1v) is 7.51. The molecular weight excluding hydrogens is 228 g/mol. The third-order valence-corrected chi connectivity index (χ3v) is 5.33. The topological polar surface area (TPSA) is 29.3 Å². The van der Waals surface area contributed by atoms with Crippen molar-refractivity contribution in [3.63, 3.8) is 0 Å². The van der Waals surface area contributed by atoms with Crippen molar-refractivity contribution in [2.75, 3.05) is 13.1 Å². The van der Waals surface area contributed by atoms with Crippen molar-refractivity contribution in [3.8, 4) is 0 Å². The van der Waals surface area contributed by atoms with Gasteiger partial charge in [0.1, 0.15) is 0 Å². The normalized spacial score (nSPS) is 28.2. The fraction of sp³-hybridized carbons (Fsp3) is 0.714. The minimum atomic E-state index is 0.541. The van der Waals surface area contributed by atoms with Crippen LogP contribution in [-0.2, 0) is 0 Å². The van der Waals surface area contributed by atoms with E-state index in [1.54, 1.807) is 0 Å². The van der Waals surface area contributed by atoms with Crippen LogP contribution >= 0.6 is 11.3 Å². The first-order chi connectivity index (χ1) is 8.13. The molecule has 1 aliphatic rings. The predicted octanol–water partition coefficient (Wildman–Crippen LogP) is 3.18. The number of piperidine rings is 1. The molecule has 3 unspecified atom stereocenters. The van der Waals surface area contributed by atoms with Crippen molar-refractivity contribution < 1.29 is 0 Å². The Kier molecular flexibility index (Phi) is 4.23. The van der Waals surface area contributed by atoms with Crippen molar-refractivity contribution in [3.05, 3.63) is 21.9 Å². The van der Waals surface area contributed by atoms with Gasteiger partial charge in [0.25, 0.3) is 0 Å². The van der Waals surface area contributed by atoms with Gasteiger partial charge in [-0.25, -0.2) is 0 Å². The molecule has 1 fully saturated rings. The highest BCUT2D eigenvalue weighted by atomic mass is 32.1. The molecule has 17 heavy (non-hydrogen) atoms. The van der Waals surface area contributed by atoms with Gasteiger partial charge >= 0.3 is 0 Å². The fourth-order valence-electron chi connectivity index (χ4n) is 2.91. The Morgan fingerprint density at radius 2 is 2.29 bits per heavy atom. The van der Waals surface area contributed by atoms with Crippen LogP contribution in [0.1, 0.15) is 43.2 Å². The average molecular weight is 252 g/mol. The molecule has 0 saturated carbocycles. The van der Waals surface area contributed by atoms with Gasteiger partial charge in [-0.1, -0.05) is 0 Å². The molecule has 1 aromatic rings. The van der Waals surface area contributed by atoms with E-state index in [1.807, 2.05) is 11.3 Å². The Labute approximate surface area is 109 Å². The summed E-state index contributed by atoms with van der Waals surface area (Å²) in [6.07, 6.45) is 2.58. The van der Waals surface area contributed by atoms with Gasteiger partial charge in [0.15, 0.2) is 0 Å². The lowest BCUT2D eigenvalue weighted by molar-refractivity contribution is 0.0825. The van der Waals surface area contributed by atoms with Crippen molar-refractivity contribution in [1.29, 1.82) is 0 Å². The summed E-state index contributed by atoms with van der Waals surface area (Å²) in [5, 5.41) is 2.20. The predicted molar refractivity (Wildman–Crippen MR) is 75.4 cm³/mol. The maximum atomic E-state index is 5.84. The van der Waals surface area contributed by atoms with E-state index in [0.717, 1.165) is 13.1 Å². The monoisotopic (exact) mass is 252 g/mol. The number of rotatable bonds is 3. The third kappa shape index (κ3) is 2.72.